The van der Waals surface area contributed by atoms with E-state index in [1.165, 1.54) is 70.9 Å². The third-order valence-electron chi connectivity index (χ3n) is 6.80. The van der Waals surface area contributed by atoms with Crippen LogP contribution < -0.4 is 5.73 Å². The second-order valence-corrected chi connectivity index (χ2v) is 8.48. The Bertz CT molecular complexity index is 312. The molecule has 0 aromatic carbocycles. The number of nitrogens with two attached hydrogens (primary N) is 1. The molecule has 2 nitrogen and oxygen atoms in total. The lowest BCUT2D eigenvalue weighted by molar-refractivity contribution is -0.0219. The van der Waals surface area contributed by atoms with E-state index in [9.17, 15) is 0 Å². The molecule has 2 unspecified atom stereocenters. The Morgan fingerprint density at radius 2 is 1.50 bits per heavy atom. The highest BCUT2D eigenvalue weighted by Gasteiger charge is 2.45. The van der Waals surface area contributed by atoms with E-state index in [1.807, 2.05) is 0 Å². The largest absolute Gasteiger partial charge is 0.329 e. The summed E-state index contributed by atoms with van der Waals surface area (Å²) in [5, 5.41) is 0. The molecule has 3 rings (SSSR count). The lowest BCUT2D eigenvalue weighted by Gasteiger charge is -2.53. The molecule has 0 radical (unpaired) electrons. The molecule has 116 valence electrons. The molecular weight excluding hydrogens is 244 g/mol. The zero-order valence-corrected chi connectivity index (χ0v) is 13.7. The van der Waals surface area contributed by atoms with Gasteiger partial charge in [-0.15, -0.1) is 0 Å². The molecule has 1 spiro atoms. The maximum Gasteiger partial charge on any atom is 0.0336 e. The number of hydrogen-bond donors (Lipinski definition) is 1. The first-order valence-electron chi connectivity index (χ1n) is 9.03. The first-order valence-corrected chi connectivity index (χ1v) is 9.03. The van der Waals surface area contributed by atoms with Crippen LogP contribution in [0.15, 0.2) is 0 Å². The van der Waals surface area contributed by atoms with Gasteiger partial charge in [0.15, 0.2) is 0 Å². The van der Waals surface area contributed by atoms with Crippen LogP contribution in [0.5, 0.6) is 0 Å². The van der Waals surface area contributed by atoms with Gasteiger partial charge in [0.05, 0.1) is 0 Å². The van der Waals surface area contributed by atoms with E-state index in [-0.39, 0.29) is 0 Å². The van der Waals surface area contributed by atoms with Crippen molar-refractivity contribution in [1.82, 2.24) is 4.90 Å². The van der Waals surface area contributed by atoms with Gasteiger partial charge in [-0.2, -0.15) is 0 Å². The Morgan fingerprint density at radius 1 is 0.950 bits per heavy atom. The summed E-state index contributed by atoms with van der Waals surface area (Å²) in [6.45, 7) is 8.37. The Hall–Kier alpha value is -0.0800. The highest BCUT2D eigenvalue weighted by Crippen LogP contribution is 2.49. The minimum atomic E-state index is 0.331. The number of hydrogen-bond acceptors (Lipinski definition) is 2. The number of piperidine rings is 1. The van der Waals surface area contributed by atoms with Crippen LogP contribution in [0.4, 0.5) is 0 Å². The summed E-state index contributed by atoms with van der Waals surface area (Å²) in [6, 6.07) is 0. The molecule has 0 aromatic rings. The lowest BCUT2D eigenvalue weighted by atomic mass is 9.68. The van der Waals surface area contributed by atoms with Gasteiger partial charge >= 0.3 is 0 Å². The first kappa shape index (κ1) is 14.8. The van der Waals surface area contributed by atoms with Gasteiger partial charge in [-0.25, -0.2) is 0 Å². The molecule has 2 aliphatic carbocycles. The summed E-state index contributed by atoms with van der Waals surface area (Å²) < 4.78 is 0. The van der Waals surface area contributed by atoms with Crippen LogP contribution in [0.25, 0.3) is 0 Å². The second kappa shape index (κ2) is 5.61. The maximum atomic E-state index is 6.30. The minimum Gasteiger partial charge on any atom is -0.329 e. The minimum absolute atomic E-state index is 0.331. The molecule has 20 heavy (non-hydrogen) atoms. The quantitative estimate of drug-likeness (QED) is 0.832. The molecule has 2 atom stereocenters. The summed E-state index contributed by atoms with van der Waals surface area (Å²) >= 11 is 0. The molecule has 1 aliphatic heterocycles. The summed E-state index contributed by atoms with van der Waals surface area (Å²) in [4.78, 5) is 2.81. The molecule has 2 N–H and O–H groups in total. The summed E-state index contributed by atoms with van der Waals surface area (Å²) in [6.07, 6.45) is 12.9. The van der Waals surface area contributed by atoms with Gasteiger partial charge in [-0.05, 0) is 75.3 Å². The summed E-state index contributed by atoms with van der Waals surface area (Å²) in [5.74, 6) is 1.70. The molecular formula is C18H34N2. The molecule has 2 heteroatoms. The fourth-order valence-electron chi connectivity index (χ4n) is 5.87. The van der Waals surface area contributed by atoms with Crippen molar-refractivity contribution in [3.63, 3.8) is 0 Å². The molecule has 2 saturated carbocycles. The van der Waals surface area contributed by atoms with Crippen molar-refractivity contribution < 1.29 is 0 Å². The third-order valence-corrected chi connectivity index (χ3v) is 6.80. The van der Waals surface area contributed by atoms with Gasteiger partial charge in [-0.3, -0.25) is 4.90 Å². The Balaban J connectivity index is 1.68. The van der Waals surface area contributed by atoms with Gasteiger partial charge in [0.1, 0.15) is 0 Å². The van der Waals surface area contributed by atoms with E-state index in [1.54, 1.807) is 0 Å². The Labute approximate surface area is 125 Å². The first-order chi connectivity index (χ1) is 9.57. The highest BCUT2D eigenvalue weighted by molar-refractivity contribution is 5.01. The zero-order valence-electron chi connectivity index (χ0n) is 13.7. The zero-order chi connectivity index (χ0) is 14.2. The number of rotatable bonds is 2. The van der Waals surface area contributed by atoms with E-state index in [2.05, 4.69) is 18.7 Å². The van der Waals surface area contributed by atoms with E-state index in [0.717, 1.165) is 23.8 Å². The monoisotopic (exact) mass is 278 g/mol. The van der Waals surface area contributed by atoms with Gasteiger partial charge in [-0.1, -0.05) is 26.7 Å². The molecule has 0 aromatic heterocycles. The van der Waals surface area contributed by atoms with Crippen LogP contribution in [-0.2, 0) is 0 Å². The Kier molecular flexibility index (Phi) is 4.16. The van der Waals surface area contributed by atoms with Crippen molar-refractivity contribution in [3.8, 4) is 0 Å². The number of likely N-dealkylation sites (tertiary alicyclic amines) is 1. The SMILES string of the molecule is CC1CC(C)CC(CN)(N2CCC3(CCCC3)CC2)C1. The standard InChI is InChI=1S/C18H34N2/c1-15-11-16(2)13-18(12-15,14-19)20-9-7-17(8-10-20)5-3-4-6-17/h15-16H,3-14,19H2,1-2H3. The van der Waals surface area contributed by atoms with Crippen molar-refractivity contribution in [3.05, 3.63) is 0 Å². The molecule has 0 amide bonds. The molecule has 1 heterocycles. The van der Waals surface area contributed by atoms with Crippen LogP contribution in [0, 0.1) is 17.3 Å². The van der Waals surface area contributed by atoms with Crippen LogP contribution in [-0.4, -0.2) is 30.1 Å². The smallest absolute Gasteiger partial charge is 0.0336 e. The van der Waals surface area contributed by atoms with E-state index >= 15 is 0 Å². The molecule has 1 saturated heterocycles. The Morgan fingerprint density at radius 3 is 2.00 bits per heavy atom. The van der Waals surface area contributed by atoms with Crippen LogP contribution in [0.1, 0.15) is 71.6 Å². The maximum absolute atomic E-state index is 6.30. The van der Waals surface area contributed by atoms with Gasteiger partial charge in [0.25, 0.3) is 0 Å². The van der Waals surface area contributed by atoms with E-state index in [4.69, 9.17) is 5.73 Å². The molecule has 3 aliphatic rings. The predicted octanol–water partition coefficient (Wildman–Crippen LogP) is 3.80. The molecule has 0 bridgehead atoms. The van der Waals surface area contributed by atoms with Crippen molar-refractivity contribution in [2.24, 2.45) is 23.0 Å². The van der Waals surface area contributed by atoms with Crippen LogP contribution >= 0.6 is 0 Å². The van der Waals surface area contributed by atoms with Gasteiger partial charge in [0, 0.05) is 12.1 Å². The van der Waals surface area contributed by atoms with E-state index < -0.39 is 0 Å². The summed E-state index contributed by atoms with van der Waals surface area (Å²) in [7, 11) is 0. The predicted molar refractivity (Wildman–Crippen MR) is 85.7 cm³/mol. The summed E-state index contributed by atoms with van der Waals surface area (Å²) in [5.41, 5.74) is 7.36. The lowest BCUT2D eigenvalue weighted by Crippen LogP contribution is -2.60. The topological polar surface area (TPSA) is 29.3 Å². The average Bonchev–Trinajstić information content (AvgIpc) is 2.86. The van der Waals surface area contributed by atoms with Gasteiger partial charge < -0.3 is 5.73 Å². The van der Waals surface area contributed by atoms with Crippen molar-refractivity contribution in [2.75, 3.05) is 19.6 Å². The van der Waals surface area contributed by atoms with Gasteiger partial charge in [0.2, 0.25) is 0 Å². The second-order valence-electron chi connectivity index (χ2n) is 8.48. The number of nitrogens with zero attached hydrogens (tertiary/aromatic N) is 1. The third kappa shape index (κ3) is 2.66. The fourth-order valence-corrected chi connectivity index (χ4v) is 5.87. The average molecular weight is 278 g/mol. The fraction of sp³-hybridized carbons (Fsp3) is 1.00. The molecule has 3 fully saturated rings. The highest BCUT2D eigenvalue weighted by atomic mass is 15.2. The normalized spacial score (nSPS) is 42.1. The van der Waals surface area contributed by atoms with Crippen LogP contribution in [0.2, 0.25) is 0 Å². The van der Waals surface area contributed by atoms with Crippen molar-refractivity contribution >= 4 is 0 Å². The van der Waals surface area contributed by atoms with Crippen molar-refractivity contribution in [2.45, 2.75) is 77.2 Å². The van der Waals surface area contributed by atoms with E-state index in [0.29, 0.717) is 5.54 Å². The van der Waals surface area contributed by atoms with Crippen LogP contribution in [0.3, 0.4) is 0 Å². The van der Waals surface area contributed by atoms with Crippen molar-refractivity contribution in [1.29, 1.82) is 0 Å².